The third-order valence-electron chi connectivity index (χ3n) is 1.44. The van der Waals surface area contributed by atoms with Crippen LogP contribution in [0.3, 0.4) is 0 Å². The standard InChI is InChI=1S/C7H4Cl2F3N/c8-1-3-5(9)4(10)2-13-6(3)7(11)12/h2,7H,1H2. The van der Waals surface area contributed by atoms with Crippen molar-refractivity contribution in [3.05, 3.63) is 28.3 Å². The molecular formula is C7H4Cl2F3N. The van der Waals surface area contributed by atoms with Crippen molar-refractivity contribution in [1.29, 1.82) is 0 Å². The van der Waals surface area contributed by atoms with Gasteiger partial charge in [-0.1, -0.05) is 11.6 Å². The average Bonchev–Trinajstić information content (AvgIpc) is 2.09. The van der Waals surface area contributed by atoms with E-state index in [-0.39, 0.29) is 16.5 Å². The van der Waals surface area contributed by atoms with Crippen LogP contribution in [0, 0.1) is 5.82 Å². The summed E-state index contributed by atoms with van der Waals surface area (Å²) >= 11 is 10.7. The van der Waals surface area contributed by atoms with Crippen molar-refractivity contribution in [3.8, 4) is 0 Å². The molecule has 1 aromatic rings. The molecule has 0 fully saturated rings. The Bertz CT molecular complexity index is 317. The van der Waals surface area contributed by atoms with Crippen LogP contribution in [0.1, 0.15) is 17.7 Å². The Hall–Kier alpha value is -0.480. The summed E-state index contributed by atoms with van der Waals surface area (Å²) in [4.78, 5) is 3.22. The van der Waals surface area contributed by atoms with E-state index in [2.05, 4.69) is 4.98 Å². The van der Waals surface area contributed by atoms with Crippen LogP contribution >= 0.6 is 23.2 Å². The van der Waals surface area contributed by atoms with Crippen LogP contribution < -0.4 is 0 Å². The van der Waals surface area contributed by atoms with Gasteiger partial charge >= 0.3 is 0 Å². The van der Waals surface area contributed by atoms with E-state index < -0.39 is 17.9 Å². The SMILES string of the molecule is Fc1cnc(C(F)F)c(CCl)c1Cl. The van der Waals surface area contributed by atoms with Crippen LogP contribution in [0.15, 0.2) is 6.20 Å². The maximum atomic E-state index is 12.7. The Morgan fingerprint density at radius 2 is 2.08 bits per heavy atom. The molecule has 0 unspecified atom stereocenters. The molecule has 0 N–H and O–H groups in total. The average molecular weight is 230 g/mol. The molecule has 0 amide bonds. The summed E-state index contributed by atoms with van der Waals surface area (Å²) in [6, 6.07) is 0. The van der Waals surface area contributed by atoms with Gasteiger partial charge in [0.15, 0.2) is 5.82 Å². The van der Waals surface area contributed by atoms with Crippen molar-refractivity contribution in [2.24, 2.45) is 0 Å². The zero-order valence-corrected chi connectivity index (χ0v) is 7.71. The van der Waals surface area contributed by atoms with Gasteiger partial charge in [0.1, 0.15) is 5.69 Å². The summed E-state index contributed by atoms with van der Waals surface area (Å²) in [7, 11) is 0. The number of halogens is 5. The highest BCUT2D eigenvalue weighted by Crippen LogP contribution is 2.29. The predicted octanol–water partition coefficient (Wildman–Crippen LogP) is 3.55. The van der Waals surface area contributed by atoms with Gasteiger partial charge in [0.05, 0.1) is 17.1 Å². The van der Waals surface area contributed by atoms with Gasteiger partial charge in [-0.25, -0.2) is 13.2 Å². The minimum Gasteiger partial charge on any atom is -0.252 e. The van der Waals surface area contributed by atoms with Crippen LogP contribution in [0.5, 0.6) is 0 Å². The van der Waals surface area contributed by atoms with Gasteiger partial charge in [-0.3, -0.25) is 4.98 Å². The Kier molecular flexibility index (Phi) is 3.39. The van der Waals surface area contributed by atoms with Crippen LogP contribution in [-0.2, 0) is 5.88 Å². The highest BCUT2D eigenvalue weighted by Gasteiger charge is 2.19. The molecule has 0 aliphatic carbocycles. The van der Waals surface area contributed by atoms with Crippen LogP contribution in [0.4, 0.5) is 13.2 Å². The Labute approximate surface area is 82.5 Å². The van der Waals surface area contributed by atoms with Crippen molar-refractivity contribution in [2.45, 2.75) is 12.3 Å². The van der Waals surface area contributed by atoms with Crippen molar-refractivity contribution in [3.63, 3.8) is 0 Å². The van der Waals surface area contributed by atoms with Gasteiger partial charge in [0, 0.05) is 5.56 Å². The molecule has 0 saturated carbocycles. The molecule has 0 radical (unpaired) electrons. The molecule has 1 heterocycles. The molecule has 72 valence electrons. The number of nitrogens with zero attached hydrogens (tertiary/aromatic N) is 1. The molecule has 0 bridgehead atoms. The van der Waals surface area contributed by atoms with Gasteiger partial charge < -0.3 is 0 Å². The van der Waals surface area contributed by atoms with Crippen LogP contribution in [0.2, 0.25) is 5.02 Å². The second-order valence-corrected chi connectivity index (χ2v) is 2.86. The Morgan fingerprint density at radius 1 is 1.46 bits per heavy atom. The van der Waals surface area contributed by atoms with Gasteiger partial charge in [0.25, 0.3) is 6.43 Å². The number of hydrogen-bond acceptors (Lipinski definition) is 1. The first-order valence-corrected chi connectivity index (χ1v) is 4.16. The van der Waals surface area contributed by atoms with E-state index >= 15 is 0 Å². The van der Waals surface area contributed by atoms with Crippen molar-refractivity contribution >= 4 is 23.2 Å². The predicted molar refractivity (Wildman–Crippen MR) is 43.7 cm³/mol. The molecule has 0 aromatic carbocycles. The topological polar surface area (TPSA) is 12.9 Å². The minimum absolute atomic E-state index is 0.154. The zero-order valence-electron chi connectivity index (χ0n) is 6.20. The fourth-order valence-corrected chi connectivity index (χ4v) is 1.38. The first-order chi connectivity index (χ1) is 6.07. The molecule has 6 heteroatoms. The van der Waals surface area contributed by atoms with E-state index in [1.807, 2.05) is 0 Å². The Balaban J connectivity index is 3.30. The summed E-state index contributed by atoms with van der Waals surface area (Å²) in [5.74, 6) is -1.13. The molecule has 0 atom stereocenters. The lowest BCUT2D eigenvalue weighted by Crippen LogP contribution is -1.99. The van der Waals surface area contributed by atoms with Crippen molar-refractivity contribution in [1.82, 2.24) is 4.98 Å². The third-order valence-corrected chi connectivity index (χ3v) is 2.12. The lowest BCUT2D eigenvalue weighted by atomic mass is 10.2. The monoisotopic (exact) mass is 229 g/mol. The summed E-state index contributed by atoms with van der Waals surface area (Å²) in [5.41, 5.74) is -0.722. The number of pyridine rings is 1. The number of rotatable bonds is 2. The van der Waals surface area contributed by atoms with Crippen LogP contribution in [0.25, 0.3) is 0 Å². The van der Waals surface area contributed by atoms with Gasteiger partial charge in [0.2, 0.25) is 0 Å². The van der Waals surface area contributed by atoms with Crippen molar-refractivity contribution < 1.29 is 13.2 Å². The zero-order chi connectivity index (χ0) is 10.0. The number of aromatic nitrogens is 1. The fourth-order valence-electron chi connectivity index (χ4n) is 0.833. The van der Waals surface area contributed by atoms with Crippen molar-refractivity contribution in [2.75, 3.05) is 0 Å². The highest BCUT2D eigenvalue weighted by atomic mass is 35.5. The first-order valence-electron chi connectivity index (χ1n) is 3.24. The van der Waals surface area contributed by atoms with Crippen LogP contribution in [-0.4, -0.2) is 4.98 Å². The first kappa shape index (κ1) is 10.6. The number of hydrogen-bond donors (Lipinski definition) is 0. The molecule has 0 saturated heterocycles. The molecule has 0 aliphatic heterocycles. The smallest absolute Gasteiger partial charge is 0.252 e. The maximum Gasteiger partial charge on any atom is 0.280 e. The van der Waals surface area contributed by atoms with E-state index in [0.29, 0.717) is 6.20 Å². The van der Waals surface area contributed by atoms with Gasteiger partial charge in [-0.2, -0.15) is 0 Å². The summed E-state index contributed by atoms with van der Waals surface area (Å²) in [5, 5.41) is -0.389. The normalized spacial score (nSPS) is 10.9. The second-order valence-electron chi connectivity index (χ2n) is 2.22. The lowest BCUT2D eigenvalue weighted by molar-refractivity contribution is 0.145. The Morgan fingerprint density at radius 3 is 2.54 bits per heavy atom. The van der Waals surface area contributed by atoms with Gasteiger partial charge in [-0.15, -0.1) is 11.6 Å². The maximum absolute atomic E-state index is 12.7. The summed E-state index contributed by atoms with van der Waals surface area (Å²) in [6.45, 7) is 0. The number of alkyl halides is 3. The molecule has 1 aromatic heterocycles. The molecular weight excluding hydrogens is 226 g/mol. The molecule has 1 nitrogen and oxygen atoms in total. The third kappa shape index (κ3) is 2.06. The fraction of sp³-hybridized carbons (Fsp3) is 0.286. The minimum atomic E-state index is -2.80. The van der Waals surface area contributed by atoms with E-state index in [0.717, 1.165) is 0 Å². The largest absolute Gasteiger partial charge is 0.280 e. The quantitative estimate of drug-likeness (QED) is 0.708. The summed E-state index contributed by atoms with van der Waals surface area (Å²) < 4.78 is 37.2. The molecule has 13 heavy (non-hydrogen) atoms. The van der Waals surface area contributed by atoms with E-state index in [1.165, 1.54) is 0 Å². The van der Waals surface area contributed by atoms with E-state index in [9.17, 15) is 13.2 Å². The molecule has 0 aliphatic rings. The second kappa shape index (κ2) is 4.15. The van der Waals surface area contributed by atoms with E-state index in [1.54, 1.807) is 0 Å². The molecule has 0 spiro atoms. The molecule has 1 rings (SSSR count). The lowest BCUT2D eigenvalue weighted by Gasteiger charge is -2.06. The summed E-state index contributed by atoms with van der Waals surface area (Å²) in [6.07, 6.45) is -2.15. The van der Waals surface area contributed by atoms with Gasteiger partial charge in [-0.05, 0) is 0 Å². The van der Waals surface area contributed by atoms with E-state index in [4.69, 9.17) is 23.2 Å². The highest BCUT2D eigenvalue weighted by molar-refractivity contribution is 6.32.